The number of aryl methyl sites for hydroxylation is 3. The van der Waals surface area contributed by atoms with Crippen LogP contribution in [0, 0.1) is 20.8 Å². The molecule has 3 aromatic rings. The van der Waals surface area contributed by atoms with Gasteiger partial charge in [-0.25, -0.2) is 8.42 Å². The van der Waals surface area contributed by atoms with Gasteiger partial charge in [-0.3, -0.25) is 0 Å². The fraction of sp³-hybridized carbons (Fsp3) is 0.217. The molecule has 0 heterocycles. The minimum Gasteiger partial charge on any atom is -0.497 e. The Kier molecular flexibility index (Phi) is 5.87. The van der Waals surface area contributed by atoms with Gasteiger partial charge in [0, 0.05) is 0 Å². The maximum Gasteiger partial charge on any atom is 0.241 e. The molecule has 0 aliphatic rings. The molecule has 5 heteroatoms. The van der Waals surface area contributed by atoms with E-state index in [0.717, 1.165) is 16.7 Å². The first-order valence-corrected chi connectivity index (χ1v) is 10.6. The third kappa shape index (κ3) is 4.26. The van der Waals surface area contributed by atoms with E-state index in [-0.39, 0.29) is 0 Å². The van der Waals surface area contributed by atoms with E-state index < -0.39 is 16.1 Å². The van der Waals surface area contributed by atoms with Crippen molar-refractivity contribution in [1.29, 1.82) is 0 Å². The molecule has 0 unspecified atom stereocenters. The Morgan fingerprint density at radius 1 is 0.821 bits per heavy atom. The Hall–Kier alpha value is -2.63. The van der Waals surface area contributed by atoms with E-state index in [1.54, 1.807) is 33.1 Å². The monoisotopic (exact) mass is 395 g/mol. The number of methoxy groups -OCH3 is 1. The van der Waals surface area contributed by atoms with E-state index in [4.69, 9.17) is 4.74 Å². The molecular formula is C23H25NO3S. The summed E-state index contributed by atoms with van der Waals surface area (Å²) < 4.78 is 34.9. The van der Waals surface area contributed by atoms with Crippen molar-refractivity contribution in [2.45, 2.75) is 31.7 Å². The molecule has 146 valence electrons. The number of hydrogen-bond donors (Lipinski definition) is 1. The van der Waals surface area contributed by atoms with Gasteiger partial charge >= 0.3 is 0 Å². The van der Waals surface area contributed by atoms with Crippen LogP contribution in [0.2, 0.25) is 0 Å². The zero-order chi connectivity index (χ0) is 20.3. The first-order valence-electron chi connectivity index (χ1n) is 9.11. The van der Waals surface area contributed by atoms with Crippen molar-refractivity contribution in [3.63, 3.8) is 0 Å². The molecule has 0 aromatic heterocycles. The molecule has 28 heavy (non-hydrogen) atoms. The molecule has 1 N–H and O–H groups in total. The van der Waals surface area contributed by atoms with Crippen LogP contribution in [0.25, 0.3) is 0 Å². The first kappa shape index (κ1) is 20.1. The molecule has 0 saturated carbocycles. The van der Waals surface area contributed by atoms with Gasteiger partial charge < -0.3 is 4.74 Å². The van der Waals surface area contributed by atoms with Gasteiger partial charge in [0.1, 0.15) is 5.75 Å². The lowest BCUT2D eigenvalue weighted by atomic mass is 9.98. The molecule has 1 atom stereocenters. The second-order valence-corrected chi connectivity index (χ2v) is 8.62. The molecule has 0 radical (unpaired) electrons. The predicted octanol–water partition coefficient (Wildman–Crippen LogP) is 4.69. The van der Waals surface area contributed by atoms with Gasteiger partial charge in [0.25, 0.3) is 0 Å². The highest BCUT2D eigenvalue weighted by Crippen LogP contribution is 2.29. The standard InChI is InChI=1S/C23H25NO3S/c1-16-9-8-12-20(13-16)22(19-10-6-5-7-11-19)24-28(25,26)23-17(2)14-21(27-4)15-18(23)3/h5-15,22,24H,1-4H3/t22-/m1/s1. The number of benzene rings is 3. The normalized spacial score (nSPS) is 12.6. The summed E-state index contributed by atoms with van der Waals surface area (Å²) in [5.41, 5.74) is 4.18. The number of ether oxygens (including phenoxy) is 1. The van der Waals surface area contributed by atoms with Crippen molar-refractivity contribution in [1.82, 2.24) is 4.72 Å². The third-order valence-corrected chi connectivity index (χ3v) is 6.45. The van der Waals surface area contributed by atoms with Gasteiger partial charge in [0.2, 0.25) is 10.0 Å². The summed E-state index contributed by atoms with van der Waals surface area (Å²) in [6, 6.07) is 20.5. The van der Waals surface area contributed by atoms with E-state index in [2.05, 4.69) is 4.72 Å². The SMILES string of the molecule is COc1cc(C)c(S(=O)(=O)N[C@H](c2ccccc2)c2cccc(C)c2)c(C)c1. The molecule has 0 aliphatic heterocycles. The number of hydrogen-bond acceptors (Lipinski definition) is 3. The Morgan fingerprint density at radius 2 is 1.43 bits per heavy atom. The van der Waals surface area contributed by atoms with Crippen LogP contribution < -0.4 is 9.46 Å². The minimum absolute atomic E-state index is 0.293. The Bertz CT molecular complexity index is 1050. The lowest BCUT2D eigenvalue weighted by Crippen LogP contribution is -2.30. The average Bonchev–Trinajstić information content (AvgIpc) is 2.66. The van der Waals surface area contributed by atoms with Crippen molar-refractivity contribution >= 4 is 10.0 Å². The largest absolute Gasteiger partial charge is 0.497 e. The van der Waals surface area contributed by atoms with Crippen molar-refractivity contribution in [3.8, 4) is 5.75 Å². The molecule has 0 fully saturated rings. The van der Waals surface area contributed by atoms with E-state index in [1.165, 1.54) is 0 Å². The molecule has 0 aliphatic carbocycles. The molecule has 0 saturated heterocycles. The van der Waals surface area contributed by atoms with Crippen LogP contribution in [0.3, 0.4) is 0 Å². The highest BCUT2D eigenvalue weighted by molar-refractivity contribution is 7.89. The summed E-state index contributed by atoms with van der Waals surface area (Å²) >= 11 is 0. The first-order chi connectivity index (χ1) is 13.3. The fourth-order valence-corrected chi connectivity index (χ4v) is 5.16. The average molecular weight is 396 g/mol. The molecule has 3 rings (SSSR count). The molecule has 0 amide bonds. The Balaban J connectivity index is 2.08. The summed E-state index contributed by atoms with van der Waals surface area (Å²) in [5.74, 6) is 0.646. The second kappa shape index (κ2) is 8.17. The van der Waals surface area contributed by atoms with Gasteiger partial charge in [-0.2, -0.15) is 4.72 Å². The van der Waals surface area contributed by atoms with E-state index in [0.29, 0.717) is 21.8 Å². The fourth-order valence-electron chi connectivity index (χ4n) is 3.49. The molecular weight excluding hydrogens is 370 g/mol. The molecule has 4 nitrogen and oxygen atoms in total. The van der Waals surface area contributed by atoms with Crippen molar-refractivity contribution in [2.24, 2.45) is 0 Å². The topological polar surface area (TPSA) is 55.4 Å². The van der Waals surface area contributed by atoms with Crippen LogP contribution in [0.4, 0.5) is 0 Å². The summed E-state index contributed by atoms with van der Waals surface area (Å²) in [6.07, 6.45) is 0. The lowest BCUT2D eigenvalue weighted by molar-refractivity contribution is 0.413. The quantitative estimate of drug-likeness (QED) is 0.659. The van der Waals surface area contributed by atoms with Gasteiger partial charge in [0.15, 0.2) is 0 Å². The summed E-state index contributed by atoms with van der Waals surface area (Å²) in [6.45, 7) is 5.57. The van der Waals surface area contributed by atoms with Gasteiger partial charge in [-0.05, 0) is 55.2 Å². The smallest absolute Gasteiger partial charge is 0.241 e. The molecule has 0 spiro atoms. The lowest BCUT2D eigenvalue weighted by Gasteiger charge is -2.22. The number of sulfonamides is 1. The van der Waals surface area contributed by atoms with Gasteiger partial charge in [-0.1, -0.05) is 60.2 Å². The van der Waals surface area contributed by atoms with Crippen molar-refractivity contribution in [3.05, 3.63) is 94.5 Å². The number of nitrogens with one attached hydrogen (secondary N) is 1. The van der Waals surface area contributed by atoms with Crippen LogP contribution in [-0.4, -0.2) is 15.5 Å². The highest BCUT2D eigenvalue weighted by Gasteiger charge is 2.26. The van der Waals surface area contributed by atoms with Crippen molar-refractivity contribution in [2.75, 3.05) is 7.11 Å². The van der Waals surface area contributed by atoms with Crippen LogP contribution >= 0.6 is 0 Å². The van der Waals surface area contributed by atoms with Gasteiger partial charge in [0.05, 0.1) is 18.0 Å². The van der Waals surface area contributed by atoms with E-state index in [9.17, 15) is 8.42 Å². The highest BCUT2D eigenvalue weighted by atomic mass is 32.2. The second-order valence-electron chi connectivity index (χ2n) is 6.97. The Morgan fingerprint density at radius 3 is 2.00 bits per heavy atom. The zero-order valence-corrected chi connectivity index (χ0v) is 17.4. The predicted molar refractivity (Wildman–Crippen MR) is 112 cm³/mol. The minimum atomic E-state index is -3.76. The number of rotatable bonds is 6. The van der Waals surface area contributed by atoms with Crippen LogP contribution in [0.1, 0.15) is 33.9 Å². The van der Waals surface area contributed by atoms with E-state index in [1.807, 2.05) is 61.5 Å². The van der Waals surface area contributed by atoms with Gasteiger partial charge in [-0.15, -0.1) is 0 Å². The maximum absolute atomic E-state index is 13.4. The molecule has 0 bridgehead atoms. The maximum atomic E-state index is 13.4. The van der Waals surface area contributed by atoms with E-state index >= 15 is 0 Å². The summed E-state index contributed by atoms with van der Waals surface area (Å²) in [4.78, 5) is 0.293. The van der Waals surface area contributed by atoms with Crippen LogP contribution in [0.5, 0.6) is 5.75 Å². The molecule has 3 aromatic carbocycles. The third-order valence-electron chi connectivity index (χ3n) is 4.72. The van der Waals surface area contributed by atoms with Crippen LogP contribution in [0.15, 0.2) is 71.6 Å². The summed E-state index contributed by atoms with van der Waals surface area (Å²) in [5, 5.41) is 0. The Labute approximate surface area is 167 Å². The summed E-state index contributed by atoms with van der Waals surface area (Å²) in [7, 11) is -2.19. The van der Waals surface area contributed by atoms with Crippen LogP contribution in [-0.2, 0) is 10.0 Å². The van der Waals surface area contributed by atoms with Crippen molar-refractivity contribution < 1.29 is 13.2 Å². The zero-order valence-electron chi connectivity index (χ0n) is 16.6.